The lowest BCUT2D eigenvalue weighted by molar-refractivity contribution is -0.0267. The maximum absolute atomic E-state index is 12.9. The summed E-state index contributed by atoms with van der Waals surface area (Å²) in [4.78, 5) is 20.3. The number of amides is 1. The molecular weight excluding hydrogens is 414 g/mol. The predicted molar refractivity (Wildman–Crippen MR) is 123 cm³/mol. The second-order valence-electron chi connectivity index (χ2n) is 8.40. The highest BCUT2D eigenvalue weighted by Gasteiger charge is 2.38. The van der Waals surface area contributed by atoms with E-state index in [4.69, 9.17) is 0 Å². The van der Waals surface area contributed by atoms with Crippen LogP contribution in [0.15, 0.2) is 52.9 Å². The normalized spacial score (nSPS) is 18.5. The molecule has 5 nitrogen and oxygen atoms in total. The Bertz CT molecular complexity index is 1040. The molecule has 0 radical (unpaired) electrons. The van der Waals surface area contributed by atoms with Gasteiger partial charge in [0.2, 0.25) is 0 Å². The van der Waals surface area contributed by atoms with Crippen molar-refractivity contribution in [2.45, 2.75) is 42.6 Å². The standard InChI is InChI=1S/C23H25N3O2S2/c27-22(26-12-10-23(28,11-13-26)14-16-4-5-16)17-6-8-18(9-7-17)25-30-20-3-1-2-19-21(20)24-15-29-19/h1-3,6-9,15-16,25,28H,4-5,10-14H2. The topological polar surface area (TPSA) is 65.5 Å². The SMILES string of the molecule is O=C(c1ccc(NSc2cccc3scnc23)cc1)N1CCC(O)(CC2CC2)CC1. The summed E-state index contributed by atoms with van der Waals surface area (Å²) in [6, 6.07) is 13.8. The summed E-state index contributed by atoms with van der Waals surface area (Å²) in [6.07, 6.45) is 4.79. The molecule has 1 saturated heterocycles. The maximum Gasteiger partial charge on any atom is 0.253 e. The lowest BCUT2D eigenvalue weighted by atomic mass is 9.86. The van der Waals surface area contributed by atoms with Crippen molar-refractivity contribution >= 4 is 45.1 Å². The number of piperidine rings is 1. The highest BCUT2D eigenvalue weighted by Crippen LogP contribution is 2.40. The zero-order chi connectivity index (χ0) is 20.6. The molecule has 2 aliphatic rings. The summed E-state index contributed by atoms with van der Waals surface area (Å²) in [5, 5.41) is 10.7. The van der Waals surface area contributed by atoms with Gasteiger partial charge >= 0.3 is 0 Å². The van der Waals surface area contributed by atoms with E-state index in [1.54, 1.807) is 11.3 Å². The lowest BCUT2D eigenvalue weighted by Crippen LogP contribution is -2.46. The molecule has 30 heavy (non-hydrogen) atoms. The first-order valence-electron chi connectivity index (χ1n) is 10.5. The third-order valence-corrected chi connectivity index (χ3v) is 7.76. The van der Waals surface area contributed by atoms with Gasteiger partial charge in [0.25, 0.3) is 5.91 Å². The molecule has 2 N–H and O–H groups in total. The van der Waals surface area contributed by atoms with Crippen LogP contribution >= 0.6 is 23.3 Å². The molecule has 3 aromatic rings. The molecule has 2 heterocycles. The number of hydrogen-bond acceptors (Lipinski definition) is 6. The molecule has 1 aliphatic heterocycles. The van der Waals surface area contributed by atoms with Gasteiger partial charge in [0.15, 0.2) is 0 Å². The minimum absolute atomic E-state index is 0.0508. The van der Waals surface area contributed by atoms with Crippen LogP contribution in [0.4, 0.5) is 5.69 Å². The number of fused-ring (bicyclic) bond motifs is 1. The maximum atomic E-state index is 12.9. The fourth-order valence-corrected chi connectivity index (χ4v) is 5.65. The van der Waals surface area contributed by atoms with Gasteiger partial charge in [-0.1, -0.05) is 18.9 Å². The Morgan fingerprint density at radius 3 is 2.70 bits per heavy atom. The van der Waals surface area contributed by atoms with E-state index >= 15 is 0 Å². The Kier molecular flexibility index (Phi) is 5.43. The Morgan fingerprint density at radius 2 is 1.97 bits per heavy atom. The monoisotopic (exact) mass is 439 g/mol. The van der Waals surface area contributed by atoms with Crippen LogP contribution in [0.1, 0.15) is 42.5 Å². The Hall–Kier alpha value is -2.09. The van der Waals surface area contributed by atoms with Crippen molar-refractivity contribution in [1.82, 2.24) is 9.88 Å². The number of carbonyl (C=O) groups is 1. The van der Waals surface area contributed by atoms with Crippen LogP contribution in [0.25, 0.3) is 10.2 Å². The zero-order valence-corrected chi connectivity index (χ0v) is 18.3. The number of para-hydroxylation sites is 1. The number of aromatic nitrogens is 1. The van der Waals surface area contributed by atoms with E-state index in [0.29, 0.717) is 37.4 Å². The first-order valence-corrected chi connectivity index (χ1v) is 12.2. The fourth-order valence-electron chi connectivity index (χ4n) is 4.11. The molecule has 0 spiro atoms. The minimum atomic E-state index is -0.566. The quantitative estimate of drug-likeness (QED) is 0.518. The average molecular weight is 440 g/mol. The van der Waals surface area contributed by atoms with E-state index < -0.39 is 5.60 Å². The van der Waals surface area contributed by atoms with Crippen molar-refractivity contribution in [3.05, 3.63) is 53.5 Å². The van der Waals surface area contributed by atoms with Gasteiger partial charge in [-0.05, 0) is 73.5 Å². The van der Waals surface area contributed by atoms with Gasteiger partial charge in [0.1, 0.15) is 0 Å². The smallest absolute Gasteiger partial charge is 0.253 e. The summed E-state index contributed by atoms with van der Waals surface area (Å²) >= 11 is 3.17. The number of carbonyl (C=O) groups excluding carboxylic acids is 1. The number of aliphatic hydroxyl groups is 1. The molecule has 1 amide bonds. The molecule has 1 aliphatic carbocycles. The molecule has 0 bridgehead atoms. The zero-order valence-electron chi connectivity index (χ0n) is 16.7. The van der Waals surface area contributed by atoms with Crippen molar-refractivity contribution in [2.24, 2.45) is 5.92 Å². The van der Waals surface area contributed by atoms with Gasteiger partial charge in [-0.25, -0.2) is 4.98 Å². The molecule has 1 saturated carbocycles. The van der Waals surface area contributed by atoms with Gasteiger partial charge in [-0.2, -0.15) is 0 Å². The first-order chi connectivity index (χ1) is 14.6. The second kappa shape index (κ2) is 8.21. The molecule has 2 fully saturated rings. The van der Waals surface area contributed by atoms with E-state index in [9.17, 15) is 9.90 Å². The van der Waals surface area contributed by atoms with Crippen molar-refractivity contribution in [1.29, 1.82) is 0 Å². The van der Waals surface area contributed by atoms with E-state index in [0.717, 1.165) is 22.5 Å². The first kappa shape index (κ1) is 19.8. The van der Waals surface area contributed by atoms with E-state index in [2.05, 4.69) is 21.8 Å². The molecule has 1 aromatic heterocycles. The van der Waals surface area contributed by atoms with Crippen molar-refractivity contribution in [3.63, 3.8) is 0 Å². The van der Waals surface area contributed by atoms with Crippen LogP contribution in [-0.2, 0) is 0 Å². The summed E-state index contributed by atoms with van der Waals surface area (Å²) in [5.74, 6) is 0.757. The van der Waals surface area contributed by atoms with Gasteiger partial charge in [-0.3, -0.25) is 4.79 Å². The fraction of sp³-hybridized carbons (Fsp3) is 0.391. The average Bonchev–Trinajstić information content (AvgIpc) is 3.43. The van der Waals surface area contributed by atoms with Crippen LogP contribution < -0.4 is 4.72 Å². The summed E-state index contributed by atoms with van der Waals surface area (Å²) < 4.78 is 4.52. The highest BCUT2D eigenvalue weighted by atomic mass is 32.2. The van der Waals surface area contributed by atoms with Gasteiger partial charge in [0.05, 0.1) is 26.2 Å². The minimum Gasteiger partial charge on any atom is -0.390 e. The number of nitrogens with one attached hydrogen (secondary N) is 1. The van der Waals surface area contributed by atoms with Crippen LogP contribution in [0, 0.1) is 5.92 Å². The van der Waals surface area contributed by atoms with Gasteiger partial charge in [0, 0.05) is 24.3 Å². The highest BCUT2D eigenvalue weighted by molar-refractivity contribution is 8.00. The molecule has 7 heteroatoms. The predicted octanol–water partition coefficient (Wildman–Crippen LogP) is 5.18. The molecule has 0 unspecified atom stereocenters. The van der Waals surface area contributed by atoms with Gasteiger partial charge < -0.3 is 14.7 Å². The Labute approximate surface area is 184 Å². The van der Waals surface area contributed by atoms with E-state index in [1.165, 1.54) is 29.5 Å². The number of likely N-dealkylation sites (tertiary alicyclic amines) is 1. The van der Waals surface area contributed by atoms with Crippen LogP contribution in [0.3, 0.4) is 0 Å². The summed E-state index contributed by atoms with van der Waals surface area (Å²) in [7, 11) is 0. The van der Waals surface area contributed by atoms with Gasteiger partial charge in [-0.15, -0.1) is 11.3 Å². The number of anilines is 1. The Morgan fingerprint density at radius 1 is 1.20 bits per heavy atom. The third-order valence-electron chi connectivity index (χ3n) is 6.08. The Balaban J connectivity index is 1.18. The molecule has 2 aromatic carbocycles. The van der Waals surface area contributed by atoms with E-state index in [-0.39, 0.29) is 5.91 Å². The molecule has 156 valence electrons. The van der Waals surface area contributed by atoms with Crippen molar-refractivity contribution in [3.8, 4) is 0 Å². The number of thiazole rings is 1. The van der Waals surface area contributed by atoms with E-state index in [1.807, 2.05) is 40.7 Å². The summed E-state index contributed by atoms with van der Waals surface area (Å²) in [6.45, 7) is 1.27. The van der Waals surface area contributed by atoms with Crippen LogP contribution in [0.5, 0.6) is 0 Å². The van der Waals surface area contributed by atoms with Crippen molar-refractivity contribution in [2.75, 3.05) is 17.8 Å². The lowest BCUT2D eigenvalue weighted by Gasteiger charge is -2.38. The third kappa shape index (κ3) is 4.33. The largest absolute Gasteiger partial charge is 0.390 e. The molecular formula is C23H25N3O2S2. The number of benzene rings is 2. The summed E-state index contributed by atoms with van der Waals surface area (Å²) in [5.41, 5.74) is 3.95. The number of nitrogens with zero attached hydrogens (tertiary/aromatic N) is 2. The number of rotatable bonds is 6. The van der Waals surface area contributed by atoms with Crippen LogP contribution in [0.2, 0.25) is 0 Å². The van der Waals surface area contributed by atoms with Crippen LogP contribution in [-0.4, -0.2) is 39.6 Å². The second-order valence-corrected chi connectivity index (χ2v) is 10.1. The number of hydrogen-bond donors (Lipinski definition) is 2. The molecule has 5 rings (SSSR count). The van der Waals surface area contributed by atoms with Crippen molar-refractivity contribution < 1.29 is 9.90 Å². The molecule has 0 atom stereocenters.